The molecule has 0 N–H and O–H groups in total. The zero-order valence-electron chi connectivity index (χ0n) is 6.16. The van der Waals surface area contributed by atoms with E-state index in [4.69, 9.17) is 9.47 Å². The molecular formula is C7H10NO3. The van der Waals surface area contributed by atoms with Crippen LogP contribution in [0.5, 0.6) is 0 Å². The number of carbonyl (C=O) groups excluding carboxylic acids is 1. The minimum atomic E-state index is -0.450. The third-order valence-electron chi connectivity index (χ3n) is 1.73. The van der Waals surface area contributed by atoms with Crippen LogP contribution in [0.3, 0.4) is 0 Å². The summed E-state index contributed by atoms with van der Waals surface area (Å²) >= 11 is 0. The largest absolute Gasteiger partial charge is 0.440 e. The van der Waals surface area contributed by atoms with E-state index >= 15 is 0 Å². The predicted octanol–water partition coefficient (Wildman–Crippen LogP) is 0.289. The van der Waals surface area contributed by atoms with Crippen LogP contribution in [0.25, 0.3) is 0 Å². The maximum atomic E-state index is 10.5. The lowest BCUT2D eigenvalue weighted by Gasteiger charge is -2.06. The van der Waals surface area contributed by atoms with Gasteiger partial charge in [-0.05, 0) is 12.8 Å². The molecule has 1 heterocycles. The van der Waals surface area contributed by atoms with Crippen molar-refractivity contribution in [1.82, 2.24) is 5.32 Å². The molecule has 2 aliphatic rings. The average molecular weight is 156 g/mol. The smallest absolute Gasteiger partial charge is 0.429 e. The van der Waals surface area contributed by atoms with Crippen LogP contribution in [0.1, 0.15) is 12.8 Å². The summed E-state index contributed by atoms with van der Waals surface area (Å²) in [7, 11) is 0. The molecule has 0 bridgehead atoms. The molecule has 2 fully saturated rings. The first kappa shape index (κ1) is 6.91. The highest BCUT2D eigenvalue weighted by molar-refractivity contribution is 5.68. The van der Waals surface area contributed by atoms with E-state index in [1.165, 1.54) is 0 Å². The first-order chi connectivity index (χ1) is 5.34. The van der Waals surface area contributed by atoms with Gasteiger partial charge in [0, 0.05) is 0 Å². The first-order valence-electron chi connectivity index (χ1n) is 3.84. The highest BCUT2D eigenvalue weighted by Gasteiger charge is 2.28. The maximum absolute atomic E-state index is 10.5. The van der Waals surface area contributed by atoms with Gasteiger partial charge in [0.1, 0.15) is 6.10 Å². The van der Waals surface area contributed by atoms with Gasteiger partial charge in [-0.25, -0.2) is 10.1 Å². The van der Waals surface area contributed by atoms with Gasteiger partial charge in [0.05, 0.1) is 19.3 Å². The fourth-order valence-corrected chi connectivity index (χ4v) is 0.958. The minimum absolute atomic E-state index is 0.122. The Bertz CT molecular complexity index is 167. The Labute approximate surface area is 64.9 Å². The van der Waals surface area contributed by atoms with E-state index in [-0.39, 0.29) is 6.10 Å². The second kappa shape index (κ2) is 2.70. The quantitative estimate of drug-likeness (QED) is 0.590. The molecule has 0 aromatic rings. The summed E-state index contributed by atoms with van der Waals surface area (Å²) < 4.78 is 10.2. The van der Waals surface area contributed by atoms with Gasteiger partial charge in [0.2, 0.25) is 0 Å². The number of carbonyl (C=O) groups is 1. The number of cyclic esters (lactones) is 1. The van der Waals surface area contributed by atoms with Crippen LogP contribution >= 0.6 is 0 Å². The lowest BCUT2D eigenvalue weighted by Crippen LogP contribution is -2.19. The van der Waals surface area contributed by atoms with Crippen molar-refractivity contribution in [2.24, 2.45) is 0 Å². The minimum Gasteiger partial charge on any atom is -0.440 e. The fourth-order valence-electron chi connectivity index (χ4n) is 0.958. The summed E-state index contributed by atoms with van der Waals surface area (Å²) in [6.45, 7) is 0.978. The summed E-state index contributed by atoms with van der Waals surface area (Å²) in [5.41, 5.74) is 0. The Kier molecular flexibility index (Phi) is 1.69. The molecule has 1 radical (unpaired) electrons. The van der Waals surface area contributed by atoms with Crippen LogP contribution in [0, 0.1) is 0 Å². The summed E-state index contributed by atoms with van der Waals surface area (Å²) in [5, 5.41) is 3.57. The van der Waals surface area contributed by atoms with Crippen molar-refractivity contribution in [3.63, 3.8) is 0 Å². The average Bonchev–Trinajstić information content (AvgIpc) is 2.72. The molecule has 1 amide bonds. The van der Waals surface area contributed by atoms with E-state index in [2.05, 4.69) is 5.32 Å². The Balaban J connectivity index is 1.65. The summed E-state index contributed by atoms with van der Waals surface area (Å²) in [6.07, 6.45) is 2.15. The normalized spacial score (nSPS) is 29.8. The van der Waals surface area contributed by atoms with Crippen molar-refractivity contribution in [3.8, 4) is 0 Å². The van der Waals surface area contributed by atoms with Crippen LogP contribution < -0.4 is 5.32 Å². The molecule has 61 valence electrons. The number of nitrogens with zero attached hydrogens (tertiary/aromatic N) is 1. The molecule has 1 unspecified atom stereocenters. The lowest BCUT2D eigenvalue weighted by molar-refractivity contribution is 0.0376. The monoisotopic (exact) mass is 156 g/mol. The van der Waals surface area contributed by atoms with Gasteiger partial charge in [-0.1, -0.05) is 0 Å². The Morgan fingerprint density at radius 3 is 3.00 bits per heavy atom. The molecular weight excluding hydrogens is 146 g/mol. The molecule has 2 rings (SSSR count). The van der Waals surface area contributed by atoms with E-state index in [1.54, 1.807) is 0 Å². The molecule has 1 aliphatic carbocycles. The van der Waals surface area contributed by atoms with Crippen molar-refractivity contribution in [2.45, 2.75) is 25.0 Å². The number of rotatable bonds is 3. The Morgan fingerprint density at radius 1 is 1.64 bits per heavy atom. The summed E-state index contributed by atoms with van der Waals surface area (Å²) in [4.78, 5) is 10.5. The van der Waals surface area contributed by atoms with Gasteiger partial charge < -0.3 is 9.47 Å². The van der Waals surface area contributed by atoms with Gasteiger partial charge in [-0.3, -0.25) is 0 Å². The highest BCUT2D eigenvalue weighted by Crippen LogP contribution is 2.23. The second-order valence-electron chi connectivity index (χ2n) is 2.88. The van der Waals surface area contributed by atoms with Crippen molar-refractivity contribution < 1.29 is 14.3 Å². The predicted molar refractivity (Wildman–Crippen MR) is 36.2 cm³/mol. The molecule has 4 heteroatoms. The van der Waals surface area contributed by atoms with Gasteiger partial charge in [0.15, 0.2) is 0 Å². The first-order valence-corrected chi connectivity index (χ1v) is 3.84. The number of hydrogen-bond donors (Lipinski definition) is 0. The zero-order chi connectivity index (χ0) is 7.68. The van der Waals surface area contributed by atoms with Gasteiger partial charge in [-0.2, -0.15) is 0 Å². The molecule has 0 aromatic heterocycles. The van der Waals surface area contributed by atoms with E-state index in [0.717, 1.165) is 12.8 Å². The molecule has 1 aliphatic heterocycles. The van der Waals surface area contributed by atoms with E-state index < -0.39 is 6.09 Å². The van der Waals surface area contributed by atoms with Gasteiger partial charge in [-0.15, -0.1) is 0 Å². The van der Waals surface area contributed by atoms with Crippen molar-refractivity contribution in [2.75, 3.05) is 13.2 Å². The summed E-state index contributed by atoms with van der Waals surface area (Å²) in [6, 6.07) is 0. The lowest BCUT2D eigenvalue weighted by atomic mass is 10.4. The highest BCUT2D eigenvalue weighted by atomic mass is 16.6. The molecule has 1 saturated carbocycles. The van der Waals surface area contributed by atoms with Crippen LogP contribution in [0.2, 0.25) is 0 Å². The second-order valence-corrected chi connectivity index (χ2v) is 2.88. The van der Waals surface area contributed by atoms with Gasteiger partial charge >= 0.3 is 6.09 Å². The molecule has 11 heavy (non-hydrogen) atoms. The topological polar surface area (TPSA) is 49.6 Å². The SMILES string of the molecule is O=C1[N]CC(COC2CC2)O1. The third kappa shape index (κ3) is 1.83. The van der Waals surface area contributed by atoms with E-state index in [9.17, 15) is 4.79 Å². The van der Waals surface area contributed by atoms with Crippen LogP contribution in [0.15, 0.2) is 0 Å². The molecule has 0 spiro atoms. The number of ether oxygens (including phenoxy) is 2. The zero-order valence-corrected chi connectivity index (χ0v) is 6.16. The molecule has 1 saturated heterocycles. The summed E-state index contributed by atoms with van der Waals surface area (Å²) in [5.74, 6) is 0. The van der Waals surface area contributed by atoms with E-state index in [0.29, 0.717) is 19.3 Å². The number of hydrogen-bond acceptors (Lipinski definition) is 3. The molecule has 4 nitrogen and oxygen atoms in total. The fraction of sp³-hybridized carbons (Fsp3) is 0.857. The third-order valence-corrected chi connectivity index (χ3v) is 1.73. The van der Waals surface area contributed by atoms with Crippen LogP contribution in [-0.4, -0.2) is 31.5 Å². The molecule has 1 atom stereocenters. The van der Waals surface area contributed by atoms with Crippen LogP contribution in [-0.2, 0) is 9.47 Å². The molecule has 0 aromatic carbocycles. The van der Waals surface area contributed by atoms with Crippen LogP contribution in [0.4, 0.5) is 4.79 Å². The van der Waals surface area contributed by atoms with Crippen molar-refractivity contribution in [1.29, 1.82) is 0 Å². The maximum Gasteiger partial charge on any atom is 0.429 e. The van der Waals surface area contributed by atoms with Crippen molar-refractivity contribution in [3.05, 3.63) is 0 Å². The van der Waals surface area contributed by atoms with E-state index in [1.807, 2.05) is 0 Å². The Morgan fingerprint density at radius 2 is 2.45 bits per heavy atom. The van der Waals surface area contributed by atoms with Gasteiger partial charge in [0.25, 0.3) is 0 Å². The van der Waals surface area contributed by atoms with Crippen molar-refractivity contribution >= 4 is 6.09 Å². The Hall–Kier alpha value is -0.770. The standard InChI is InChI=1S/C7H10NO3/c9-7-8-3-6(11-7)4-10-5-1-2-5/h5-6H,1-4H2. The number of amides is 1.